The molecule has 2 aliphatic rings. The maximum absolute atomic E-state index is 13.2. The van der Waals surface area contributed by atoms with Crippen LogP contribution in [0.5, 0.6) is 0 Å². The van der Waals surface area contributed by atoms with Crippen molar-refractivity contribution in [3.05, 3.63) is 65.9 Å². The van der Waals surface area contributed by atoms with Gasteiger partial charge in [0.15, 0.2) is 0 Å². The number of Topliss-reactive ketones (excluding diaryl/α,β-unsaturated/α-hetero) is 1. The lowest BCUT2D eigenvalue weighted by molar-refractivity contribution is -0.124. The zero-order chi connectivity index (χ0) is 19.2. The Morgan fingerprint density at radius 3 is 2.33 bits per heavy atom. The second kappa shape index (κ2) is 6.45. The average Bonchev–Trinajstić information content (AvgIpc) is 2.77. The van der Waals surface area contributed by atoms with E-state index < -0.39 is 0 Å². The van der Waals surface area contributed by atoms with Gasteiger partial charge in [-0.05, 0) is 35.2 Å². The highest BCUT2D eigenvalue weighted by Gasteiger charge is 2.41. The minimum Gasteiger partial charge on any atom is -0.378 e. The Morgan fingerprint density at radius 2 is 1.67 bits per heavy atom. The predicted octanol–water partition coefficient (Wildman–Crippen LogP) is 4.83. The topological polar surface area (TPSA) is 44.4 Å². The van der Waals surface area contributed by atoms with E-state index in [9.17, 15) is 4.79 Å². The summed E-state index contributed by atoms with van der Waals surface area (Å²) < 4.78 is 0. The normalized spacial score (nSPS) is 23.1. The molecule has 1 heterocycles. The molecule has 0 bridgehead atoms. The molecule has 0 aromatic heterocycles. The molecule has 2 atom stereocenters. The highest BCUT2D eigenvalue weighted by Crippen LogP contribution is 2.45. The number of allylic oxidation sites excluding steroid dienone is 1. The number of para-hydroxylation sites is 2. The third-order valence-corrected chi connectivity index (χ3v) is 5.48. The number of fused-ring (bicyclic) bond motifs is 2. The number of rotatable bonds is 2. The number of hydrogen-bond acceptors (Lipinski definition) is 4. The first-order valence-electron chi connectivity index (χ1n) is 9.49. The Bertz CT molecular complexity index is 896. The zero-order valence-electron chi connectivity index (χ0n) is 16.4. The van der Waals surface area contributed by atoms with Crippen LogP contribution in [0.2, 0.25) is 0 Å². The second-order valence-corrected chi connectivity index (χ2v) is 8.49. The van der Waals surface area contributed by atoms with Crippen molar-refractivity contribution in [1.29, 1.82) is 0 Å². The molecular weight excluding hydrogens is 334 g/mol. The number of benzene rings is 2. The van der Waals surface area contributed by atoms with Crippen molar-refractivity contribution in [2.24, 2.45) is 11.3 Å². The summed E-state index contributed by atoms with van der Waals surface area (Å²) in [7, 11) is 4.07. The van der Waals surface area contributed by atoms with E-state index >= 15 is 0 Å². The molecule has 0 saturated heterocycles. The quantitative estimate of drug-likeness (QED) is 0.804. The first kappa shape index (κ1) is 17.7. The molecular formula is C23H27N3O. The van der Waals surface area contributed by atoms with Gasteiger partial charge in [0, 0.05) is 31.9 Å². The number of carbonyl (C=O) groups is 1. The Morgan fingerprint density at radius 1 is 1.00 bits per heavy atom. The fourth-order valence-corrected chi connectivity index (χ4v) is 4.15. The molecule has 0 spiro atoms. The van der Waals surface area contributed by atoms with E-state index in [0.29, 0.717) is 6.42 Å². The summed E-state index contributed by atoms with van der Waals surface area (Å²) in [5, 5.41) is 7.19. The molecule has 0 radical (unpaired) electrons. The number of anilines is 3. The van der Waals surface area contributed by atoms with Crippen molar-refractivity contribution in [3.8, 4) is 0 Å². The maximum Gasteiger partial charge on any atom is 0.145 e. The third kappa shape index (κ3) is 3.32. The van der Waals surface area contributed by atoms with E-state index in [-0.39, 0.29) is 23.2 Å². The molecule has 0 fully saturated rings. The highest BCUT2D eigenvalue weighted by molar-refractivity contribution is 5.90. The Kier molecular flexibility index (Phi) is 4.22. The van der Waals surface area contributed by atoms with Crippen molar-refractivity contribution >= 4 is 22.8 Å². The summed E-state index contributed by atoms with van der Waals surface area (Å²) in [6.45, 7) is 4.25. The largest absolute Gasteiger partial charge is 0.378 e. The van der Waals surface area contributed by atoms with Crippen LogP contribution >= 0.6 is 0 Å². The van der Waals surface area contributed by atoms with E-state index in [1.165, 1.54) is 0 Å². The van der Waals surface area contributed by atoms with Crippen molar-refractivity contribution in [3.63, 3.8) is 0 Å². The lowest BCUT2D eigenvalue weighted by Crippen LogP contribution is -2.36. The first-order valence-corrected chi connectivity index (χ1v) is 9.49. The summed E-state index contributed by atoms with van der Waals surface area (Å²) in [6, 6.07) is 16.6. The molecule has 2 aromatic carbocycles. The molecule has 0 amide bonds. The minimum atomic E-state index is -0.212. The summed E-state index contributed by atoms with van der Waals surface area (Å²) in [6.07, 6.45) is 2.80. The van der Waals surface area contributed by atoms with Crippen LogP contribution in [0.3, 0.4) is 0 Å². The van der Waals surface area contributed by atoms with E-state index in [0.717, 1.165) is 28.3 Å². The molecule has 1 aliphatic heterocycles. The van der Waals surface area contributed by atoms with Gasteiger partial charge in [-0.3, -0.25) is 4.79 Å². The lowest BCUT2D eigenvalue weighted by Gasteiger charge is -2.35. The van der Waals surface area contributed by atoms with Gasteiger partial charge in [0.1, 0.15) is 5.78 Å². The SMILES string of the molecule is CN(C)c1ccc(C2Nc3ccccc3NC3=CC(C)(C)CC(=O)C32)cc1. The molecule has 2 aromatic rings. The van der Waals surface area contributed by atoms with Gasteiger partial charge in [0.2, 0.25) is 0 Å². The molecule has 1 aliphatic carbocycles. The Balaban J connectivity index is 1.82. The summed E-state index contributed by atoms with van der Waals surface area (Å²) in [5.41, 5.74) is 5.21. The van der Waals surface area contributed by atoms with Gasteiger partial charge in [-0.2, -0.15) is 0 Å². The van der Waals surface area contributed by atoms with Crippen LogP contribution in [0, 0.1) is 11.3 Å². The number of carbonyl (C=O) groups excluding carboxylic acids is 1. The third-order valence-electron chi connectivity index (χ3n) is 5.48. The standard InChI is InChI=1S/C23H27N3O/c1-23(2)13-19-21(20(27)14-23)22(15-9-11-16(12-10-15)26(3)4)25-18-8-6-5-7-17(18)24-19/h5-13,21-22,24-25H,14H2,1-4H3. The number of ketones is 1. The highest BCUT2D eigenvalue weighted by atomic mass is 16.1. The van der Waals surface area contributed by atoms with Gasteiger partial charge in [-0.25, -0.2) is 0 Å². The lowest BCUT2D eigenvalue weighted by atomic mass is 9.72. The summed E-state index contributed by atoms with van der Waals surface area (Å²) >= 11 is 0. The Hall–Kier alpha value is -2.75. The van der Waals surface area contributed by atoms with Gasteiger partial charge in [0.25, 0.3) is 0 Å². The second-order valence-electron chi connectivity index (χ2n) is 8.49. The van der Waals surface area contributed by atoms with Crippen molar-refractivity contribution in [2.45, 2.75) is 26.3 Å². The molecule has 2 unspecified atom stereocenters. The maximum atomic E-state index is 13.2. The molecule has 2 N–H and O–H groups in total. The number of nitrogens with one attached hydrogen (secondary N) is 2. The van der Waals surface area contributed by atoms with Crippen LogP contribution in [0.1, 0.15) is 31.9 Å². The van der Waals surface area contributed by atoms with Crippen LogP contribution in [-0.2, 0) is 4.79 Å². The van der Waals surface area contributed by atoms with Gasteiger partial charge in [-0.15, -0.1) is 0 Å². The number of hydrogen-bond donors (Lipinski definition) is 2. The summed E-state index contributed by atoms with van der Waals surface area (Å²) in [4.78, 5) is 15.3. The van der Waals surface area contributed by atoms with Gasteiger partial charge < -0.3 is 15.5 Å². The molecule has 0 saturated carbocycles. The molecule has 140 valence electrons. The molecule has 4 heteroatoms. The molecule has 4 rings (SSSR count). The fourth-order valence-electron chi connectivity index (χ4n) is 4.15. The summed E-state index contributed by atoms with van der Waals surface area (Å²) in [5.74, 6) is 0.0719. The smallest absolute Gasteiger partial charge is 0.145 e. The van der Waals surface area contributed by atoms with Crippen LogP contribution in [0.15, 0.2) is 60.3 Å². The predicted molar refractivity (Wildman–Crippen MR) is 112 cm³/mol. The number of nitrogens with zero attached hydrogens (tertiary/aromatic N) is 1. The van der Waals surface area contributed by atoms with E-state index in [4.69, 9.17) is 0 Å². The molecule has 4 nitrogen and oxygen atoms in total. The Labute approximate surface area is 161 Å². The first-order chi connectivity index (χ1) is 12.8. The van der Waals surface area contributed by atoms with Crippen LogP contribution in [0.25, 0.3) is 0 Å². The fraction of sp³-hybridized carbons (Fsp3) is 0.348. The van der Waals surface area contributed by atoms with Gasteiger partial charge >= 0.3 is 0 Å². The minimum absolute atomic E-state index is 0.0905. The van der Waals surface area contributed by atoms with Crippen molar-refractivity contribution in [1.82, 2.24) is 0 Å². The van der Waals surface area contributed by atoms with Crippen molar-refractivity contribution < 1.29 is 4.79 Å². The average molecular weight is 361 g/mol. The van der Waals surface area contributed by atoms with E-state index in [1.54, 1.807) is 0 Å². The van der Waals surface area contributed by atoms with Crippen LogP contribution in [0.4, 0.5) is 17.1 Å². The molecule has 27 heavy (non-hydrogen) atoms. The van der Waals surface area contributed by atoms with E-state index in [1.807, 2.05) is 26.2 Å². The van der Waals surface area contributed by atoms with E-state index in [2.05, 4.69) is 71.9 Å². The van der Waals surface area contributed by atoms with Crippen LogP contribution < -0.4 is 15.5 Å². The monoisotopic (exact) mass is 361 g/mol. The van der Waals surface area contributed by atoms with Crippen molar-refractivity contribution in [2.75, 3.05) is 29.6 Å². The van der Waals surface area contributed by atoms with Crippen LogP contribution in [-0.4, -0.2) is 19.9 Å². The zero-order valence-corrected chi connectivity index (χ0v) is 16.4. The van der Waals surface area contributed by atoms with Gasteiger partial charge in [0.05, 0.1) is 23.3 Å². The van der Waals surface area contributed by atoms with Gasteiger partial charge in [-0.1, -0.05) is 44.2 Å².